The zero-order valence-electron chi connectivity index (χ0n) is 14.2. The zero-order valence-corrected chi connectivity index (χ0v) is 14.2. The van der Waals surface area contributed by atoms with Crippen LogP contribution in [0.25, 0.3) is 43.6 Å². The summed E-state index contributed by atoms with van der Waals surface area (Å²) in [7, 11) is 1.67. The topological polar surface area (TPSA) is 55.2 Å². The van der Waals surface area contributed by atoms with Crippen LogP contribution >= 0.6 is 0 Å². The van der Waals surface area contributed by atoms with Crippen LogP contribution in [-0.4, -0.2) is 22.2 Å². The van der Waals surface area contributed by atoms with Crippen molar-refractivity contribution < 1.29 is 9.84 Å². The maximum absolute atomic E-state index is 9.35. The fourth-order valence-corrected chi connectivity index (χ4v) is 3.51. The predicted molar refractivity (Wildman–Crippen MR) is 105 cm³/mol. The van der Waals surface area contributed by atoms with E-state index in [9.17, 15) is 5.11 Å². The molecule has 0 saturated heterocycles. The number of aliphatic hydroxyl groups excluding tert-OH is 1. The van der Waals surface area contributed by atoms with E-state index in [1.807, 2.05) is 54.6 Å². The van der Waals surface area contributed by atoms with E-state index >= 15 is 0 Å². The van der Waals surface area contributed by atoms with Gasteiger partial charge < -0.3 is 9.84 Å². The number of ether oxygens (including phenoxy) is 1. The van der Waals surface area contributed by atoms with Crippen LogP contribution in [0.15, 0.2) is 60.7 Å². The van der Waals surface area contributed by atoms with Gasteiger partial charge in [-0.25, -0.2) is 9.97 Å². The van der Waals surface area contributed by atoms with Crippen LogP contribution in [0.4, 0.5) is 0 Å². The van der Waals surface area contributed by atoms with Gasteiger partial charge in [0.1, 0.15) is 5.75 Å². The molecule has 126 valence electrons. The van der Waals surface area contributed by atoms with E-state index in [1.165, 1.54) is 0 Å². The monoisotopic (exact) mass is 340 g/mol. The Balaban J connectivity index is 1.85. The lowest BCUT2D eigenvalue weighted by molar-refractivity contribution is 0.282. The first kappa shape index (κ1) is 15.0. The summed E-state index contributed by atoms with van der Waals surface area (Å²) in [5.74, 6) is 0.830. The molecule has 4 nitrogen and oxygen atoms in total. The standard InChI is InChI=1S/C22H16N2O2/c1-26-16-5-7-18-15(11-16)4-9-20-22(18)24-19-8-3-14-10-13(12-25)2-6-17(14)21(19)23-20/h2-11,25H,12H2,1H3. The normalized spacial score (nSPS) is 11.6. The fourth-order valence-electron chi connectivity index (χ4n) is 3.51. The number of benzene rings is 4. The zero-order chi connectivity index (χ0) is 17.7. The highest BCUT2D eigenvalue weighted by Gasteiger charge is 2.09. The molecule has 26 heavy (non-hydrogen) atoms. The first-order chi connectivity index (χ1) is 12.8. The minimum absolute atomic E-state index is 0.0346. The minimum atomic E-state index is 0.0346. The van der Waals surface area contributed by atoms with E-state index in [-0.39, 0.29) is 6.61 Å². The first-order valence-corrected chi connectivity index (χ1v) is 8.47. The van der Waals surface area contributed by atoms with Crippen molar-refractivity contribution in [3.63, 3.8) is 0 Å². The second-order valence-corrected chi connectivity index (χ2v) is 6.39. The van der Waals surface area contributed by atoms with Gasteiger partial charge in [-0.15, -0.1) is 0 Å². The molecule has 0 unspecified atom stereocenters. The van der Waals surface area contributed by atoms with Crippen LogP contribution in [-0.2, 0) is 6.61 Å². The SMILES string of the molecule is COc1ccc2c(ccc3nc4c(ccc5cc(CO)ccc54)nc32)c1. The van der Waals surface area contributed by atoms with Crippen molar-refractivity contribution in [1.82, 2.24) is 9.97 Å². The Morgan fingerprint density at radius 1 is 0.769 bits per heavy atom. The first-order valence-electron chi connectivity index (χ1n) is 8.47. The average Bonchev–Trinajstić information content (AvgIpc) is 2.71. The van der Waals surface area contributed by atoms with E-state index in [1.54, 1.807) is 7.11 Å². The Hall–Kier alpha value is -3.24. The van der Waals surface area contributed by atoms with Gasteiger partial charge in [-0.1, -0.05) is 24.3 Å². The Labute approximate surface area is 149 Å². The van der Waals surface area contributed by atoms with Crippen molar-refractivity contribution >= 4 is 43.6 Å². The van der Waals surface area contributed by atoms with E-state index in [0.717, 1.165) is 54.9 Å². The highest BCUT2D eigenvalue weighted by atomic mass is 16.5. The van der Waals surface area contributed by atoms with Crippen LogP contribution in [0.5, 0.6) is 5.75 Å². The van der Waals surface area contributed by atoms with Crippen LogP contribution in [0.1, 0.15) is 5.56 Å². The number of aromatic nitrogens is 2. The van der Waals surface area contributed by atoms with Crippen molar-refractivity contribution in [3.05, 3.63) is 66.2 Å². The van der Waals surface area contributed by atoms with Crippen molar-refractivity contribution in [2.45, 2.75) is 6.61 Å². The maximum atomic E-state index is 9.35. The molecule has 0 aliphatic carbocycles. The van der Waals surface area contributed by atoms with Crippen molar-refractivity contribution in [2.24, 2.45) is 0 Å². The van der Waals surface area contributed by atoms with Gasteiger partial charge in [0.05, 0.1) is 35.8 Å². The molecule has 5 aromatic rings. The number of hydrogen-bond acceptors (Lipinski definition) is 4. The molecule has 1 heterocycles. The highest BCUT2D eigenvalue weighted by molar-refractivity contribution is 6.10. The molecule has 4 heteroatoms. The number of aliphatic hydroxyl groups is 1. The second kappa shape index (κ2) is 5.64. The number of fused-ring (bicyclic) bond motifs is 6. The smallest absolute Gasteiger partial charge is 0.119 e. The predicted octanol–water partition coefficient (Wildman–Crippen LogP) is 4.59. The lowest BCUT2D eigenvalue weighted by atomic mass is 10.0. The van der Waals surface area contributed by atoms with Gasteiger partial charge in [-0.05, 0) is 52.7 Å². The maximum Gasteiger partial charge on any atom is 0.119 e. The molecular weight excluding hydrogens is 324 g/mol. The van der Waals surface area contributed by atoms with E-state index in [2.05, 4.69) is 6.07 Å². The van der Waals surface area contributed by atoms with Gasteiger partial charge in [0.15, 0.2) is 0 Å². The lowest BCUT2D eigenvalue weighted by Crippen LogP contribution is -1.91. The van der Waals surface area contributed by atoms with Crippen LogP contribution in [0.2, 0.25) is 0 Å². The van der Waals surface area contributed by atoms with E-state index < -0.39 is 0 Å². The Bertz CT molecular complexity index is 1210. The average molecular weight is 340 g/mol. The summed E-state index contributed by atoms with van der Waals surface area (Å²) in [4.78, 5) is 9.80. The fraction of sp³-hybridized carbons (Fsp3) is 0.0909. The summed E-state index contributed by atoms with van der Waals surface area (Å²) in [5, 5.41) is 13.6. The lowest BCUT2D eigenvalue weighted by Gasteiger charge is -2.09. The Morgan fingerprint density at radius 2 is 1.38 bits per heavy atom. The summed E-state index contributed by atoms with van der Waals surface area (Å²) in [6.07, 6.45) is 0. The van der Waals surface area contributed by atoms with Crippen LogP contribution in [0, 0.1) is 0 Å². The Kier molecular flexibility index (Phi) is 3.27. The molecule has 0 atom stereocenters. The largest absolute Gasteiger partial charge is 0.497 e. The minimum Gasteiger partial charge on any atom is -0.497 e. The molecule has 0 spiro atoms. The third-order valence-corrected chi connectivity index (χ3v) is 4.86. The highest BCUT2D eigenvalue weighted by Crippen LogP contribution is 2.30. The van der Waals surface area contributed by atoms with Crippen molar-refractivity contribution in [1.29, 1.82) is 0 Å². The van der Waals surface area contributed by atoms with Crippen molar-refractivity contribution in [3.8, 4) is 5.75 Å². The van der Waals surface area contributed by atoms with E-state index in [4.69, 9.17) is 14.7 Å². The quantitative estimate of drug-likeness (QED) is 0.377. The van der Waals surface area contributed by atoms with Gasteiger partial charge >= 0.3 is 0 Å². The summed E-state index contributed by atoms with van der Waals surface area (Å²) in [6.45, 7) is 0.0346. The summed E-state index contributed by atoms with van der Waals surface area (Å²) >= 11 is 0. The molecule has 0 aliphatic rings. The number of methoxy groups -OCH3 is 1. The number of rotatable bonds is 2. The number of hydrogen-bond donors (Lipinski definition) is 1. The molecule has 4 aromatic carbocycles. The van der Waals surface area contributed by atoms with E-state index in [0.29, 0.717) is 0 Å². The molecule has 1 aromatic heterocycles. The number of nitrogens with zero attached hydrogens (tertiary/aromatic N) is 2. The third kappa shape index (κ3) is 2.20. The van der Waals surface area contributed by atoms with Gasteiger partial charge in [0.25, 0.3) is 0 Å². The molecule has 1 N–H and O–H groups in total. The van der Waals surface area contributed by atoms with Gasteiger partial charge in [0.2, 0.25) is 0 Å². The summed E-state index contributed by atoms with van der Waals surface area (Å²) in [6, 6.07) is 20.0. The molecule has 5 rings (SSSR count). The molecule has 0 radical (unpaired) electrons. The van der Waals surface area contributed by atoms with Crippen LogP contribution in [0.3, 0.4) is 0 Å². The molecular formula is C22H16N2O2. The molecule has 0 fully saturated rings. The van der Waals surface area contributed by atoms with Gasteiger partial charge in [0, 0.05) is 10.8 Å². The third-order valence-electron chi connectivity index (χ3n) is 4.86. The van der Waals surface area contributed by atoms with Crippen molar-refractivity contribution in [2.75, 3.05) is 7.11 Å². The second-order valence-electron chi connectivity index (χ2n) is 6.39. The summed E-state index contributed by atoms with van der Waals surface area (Å²) in [5.41, 5.74) is 4.40. The molecule has 0 bridgehead atoms. The van der Waals surface area contributed by atoms with Crippen LogP contribution < -0.4 is 4.74 Å². The molecule has 0 amide bonds. The molecule has 0 saturated carbocycles. The Morgan fingerprint density at radius 3 is 2.00 bits per heavy atom. The van der Waals surface area contributed by atoms with Gasteiger partial charge in [-0.2, -0.15) is 0 Å². The molecule has 0 aliphatic heterocycles. The van der Waals surface area contributed by atoms with Gasteiger partial charge in [-0.3, -0.25) is 0 Å². The summed E-state index contributed by atoms with van der Waals surface area (Å²) < 4.78 is 5.32.